The fourth-order valence-electron chi connectivity index (χ4n) is 9.74. The van der Waals surface area contributed by atoms with Gasteiger partial charge >= 0.3 is 319 Å². The molecule has 0 aromatic heterocycles. The third kappa shape index (κ3) is 47.8. The Hall–Kier alpha value is -0.320. The van der Waals surface area contributed by atoms with Gasteiger partial charge in [0.25, 0.3) is 0 Å². The van der Waals surface area contributed by atoms with Crippen LogP contribution in [0.25, 0.3) is 0 Å². The van der Waals surface area contributed by atoms with Gasteiger partial charge in [0.1, 0.15) is 5.75 Å². The maximum atomic E-state index is 8.89. The molecule has 1 aromatic carbocycles. The van der Waals surface area contributed by atoms with Crippen LogP contribution in [0.1, 0.15) is 342 Å². The van der Waals surface area contributed by atoms with Crippen molar-refractivity contribution in [2.45, 2.75) is 343 Å². The van der Waals surface area contributed by atoms with Gasteiger partial charge in [0.15, 0.2) is 0 Å². The second-order valence-electron chi connectivity index (χ2n) is 22.7. The van der Waals surface area contributed by atoms with Crippen molar-refractivity contribution < 1.29 is 27.9 Å². The van der Waals surface area contributed by atoms with Crippen molar-refractivity contribution in [2.24, 2.45) is 0 Å². The van der Waals surface area contributed by atoms with E-state index in [4.69, 9.17) is 27.9 Å². The second kappa shape index (κ2) is 53.1. The van der Waals surface area contributed by atoms with Gasteiger partial charge in [-0.2, -0.15) is 0 Å². The summed E-state index contributed by atoms with van der Waals surface area (Å²) in [6, 6.07) is 5.77. The molecule has 2 N–H and O–H groups in total. The van der Waals surface area contributed by atoms with Crippen LogP contribution in [-0.2, 0) is 19.0 Å². The van der Waals surface area contributed by atoms with Crippen LogP contribution in [0.3, 0.4) is 0 Å². The molecule has 424 valence electrons. The molecule has 0 aliphatic carbocycles. The third-order valence-electron chi connectivity index (χ3n) is 14.4. The van der Waals surface area contributed by atoms with Gasteiger partial charge in [0.05, 0.1) is 0 Å². The first-order valence-electron chi connectivity index (χ1n) is 31.4. The average Bonchev–Trinajstić information content (AvgIpc) is 3.34. The quantitative estimate of drug-likeness (QED) is 0.0500. The molecule has 8 heteroatoms. The number of hydrogen-bond acceptors (Lipinski definition) is 6. The summed E-state index contributed by atoms with van der Waals surface area (Å²) in [6.45, 7) is 19.9. The fourth-order valence-corrected chi connectivity index (χ4v) is 12.8. The van der Waals surface area contributed by atoms with E-state index in [9.17, 15) is 0 Å². The van der Waals surface area contributed by atoms with Gasteiger partial charge in [-0.3, -0.25) is 0 Å². The summed E-state index contributed by atoms with van der Waals surface area (Å²) in [7, 11) is -5.03. The van der Waals surface area contributed by atoms with Crippen molar-refractivity contribution in [1.29, 1.82) is 0 Å². The first-order chi connectivity index (χ1) is 34.5. The Labute approximate surface area is 446 Å². The molecule has 0 amide bonds. The van der Waals surface area contributed by atoms with Crippen LogP contribution in [0.4, 0.5) is 0 Å². The van der Waals surface area contributed by atoms with Gasteiger partial charge < -0.3 is 14.3 Å². The first-order valence-corrected chi connectivity index (χ1v) is 34.5. The molecular weight excluding hydrogens is 915 g/mol. The molecule has 0 radical (unpaired) electrons. The molecule has 1 aromatic rings. The van der Waals surface area contributed by atoms with Gasteiger partial charge in [-0.05, 0) is 24.0 Å². The second-order valence-corrected chi connectivity index (χ2v) is 26.1. The molecule has 0 atom stereocenters. The molecule has 1 rings (SSSR count). The van der Waals surface area contributed by atoms with Crippen molar-refractivity contribution in [2.75, 3.05) is 26.0 Å². The molecule has 0 saturated carbocycles. The van der Waals surface area contributed by atoms with Crippen molar-refractivity contribution >= 4 is 16.5 Å². The number of unbranched alkanes of at least 4 members (excludes halogenated alkanes) is 40. The van der Waals surface area contributed by atoms with E-state index in [0.717, 1.165) is 56.4 Å². The molecule has 0 spiro atoms. The zero-order valence-electron chi connectivity index (χ0n) is 49.1. The Kier molecular flexibility index (Phi) is 52.9. The first kappa shape index (κ1) is 70.7. The van der Waals surface area contributed by atoms with Crippen molar-refractivity contribution in [1.82, 2.24) is 0 Å². The molecule has 0 heterocycles. The van der Waals surface area contributed by atoms with E-state index in [1.165, 1.54) is 263 Å². The SMILES string of the molecule is CCCCCCCCCCCCCO[PH](CCCCCCCCCCCCC)(OCCCCCCCCCCCCC)OCCCCCCCCCCCCC.Cc1ccc(C(C)(C)C)c(OP(O)O)c1. The maximum absolute atomic E-state index is 8.89. The molecule has 0 aliphatic rings. The van der Waals surface area contributed by atoms with Crippen LogP contribution in [0.15, 0.2) is 18.2 Å². The summed E-state index contributed by atoms with van der Waals surface area (Å²) in [6.07, 6.45) is 61.4. The van der Waals surface area contributed by atoms with Gasteiger partial charge in [0, 0.05) is 5.56 Å². The van der Waals surface area contributed by atoms with E-state index in [2.05, 4.69) is 48.5 Å². The van der Waals surface area contributed by atoms with Gasteiger partial charge in [-0.25, -0.2) is 0 Å². The fraction of sp³-hybridized carbons (Fsp3) is 0.905. The van der Waals surface area contributed by atoms with E-state index in [1.807, 2.05) is 25.1 Å². The Morgan fingerprint density at radius 1 is 0.380 bits per heavy atom. The van der Waals surface area contributed by atoms with Gasteiger partial charge in [0.2, 0.25) is 0 Å². The zero-order chi connectivity index (χ0) is 52.2. The average molecular weight is 1040 g/mol. The molecular formula is C63H126O6P2. The Balaban J connectivity index is 0.00000275. The summed E-state index contributed by atoms with van der Waals surface area (Å²) < 4.78 is 25.7. The van der Waals surface area contributed by atoms with E-state index < -0.39 is 16.5 Å². The minimum absolute atomic E-state index is 0.0750. The Bertz CT molecular complexity index is 1140. The summed E-state index contributed by atoms with van der Waals surface area (Å²) in [5.41, 5.74) is 1.94. The van der Waals surface area contributed by atoms with Crippen LogP contribution in [0, 0.1) is 6.92 Å². The Morgan fingerprint density at radius 2 is 0.634 bits per heavy atom. The summed E-state index contributed by atoms with van der Waals surface area (Å²) >= 11 is 0. The van der Waals surface area contributed by atoms with E-state index in [-0.39, 0.29) is 5.41 Å². The van der Waals surface area contributed by atoms with Crippen LogP contribution in [0.2, 0.25) is 0 Å². The number of rotatable bonds is 53. The van der Waals surface area contributed by atoms with Crippen LogP contribution in [-0.4, -0.2) is 35.8 Å². The minimum Gasteiger partial charge on any atom is -0.427 e. The van der Waals surface area contributed by atoms with E-state index >= 15 is 0 Å². The standard InChI is InChI=1S/C52H109O3P.C11H17O3P/c1-5-9-13-17-21-25-29-33-37-41-45-49-53-56(52-48-44-40-36-32-28-24-20-16-12-8-4,54-50-46-42-38-34-30-26-22-18-14-10-6-2)55-51-47-43-39-35-31-27-23-19-15-11-7-3;1-8-5-6-9(11(2,3)4)10(7-8)14-15(12)13/h56H,5-52H2,1-4H3;5-7,12-13H,1-4H3. The zero-order valence-corrected chi connectivity index (χ0v) is 51.0. The van der Waals surface area contributed by atoms with Crippen LogP contribution >= 0.6 is 16.5 Å². The topological polar surface area (TPSA) is 77.4 Å². The van der Waals surface area contributed by atoms with Crippen LogP contribution < -0.4 is 4.52 Å². The number of hydrogen-bond donors (Lipinski definition) is 2. The molecule has 6 nitrogen and oxygen atoms in total. The summed E-state index contributed by atoms with van der Waals surface area (Å²) in [4.78, 5) is 17.8. The molecule has 0 fully saturated rings. The van der Waals surface area contributed by atoms with E-state index in [0.29, 0.717) is 5.75 Å². The predicted molar refractivity (Wildman–Crippen MR) is 319 cm³/mol. The van der Waals surface area contributed by atoms with Crippen molar-refractivity contribution in [3.05, 3.63) is 29.3 Å². The molecule has 71 heavy (non-hydrogen) atoms. The number of benzene rings is 1. The van der Waals surface area contributed by atoms with Gasteiger partial charge in [-0.1, -0.05) is 79.9 Å². The summed E-state index contributed by atoms with van der Waals surface area (Å²) in [5.74, 6) is 0.554. The van der Waals surface area contributed by atoms with Crippen LogP contribution in [0.5, 0.6) is 5.75 Å². The summed E-state index contributed by atoms with van der Waals surface area (Å²) in [5, 5.41) is 0. The molecule has 0 saturated heterocycles. The smallest absolute Gasteiger partial charge is 0.427 e. The van der Waals surface area contributed by atoms with Crippen molar-refractivity contribution in [3.63, 3.8) is 0 Å². The minimum atomic E-state index is -2.68. The molecule has 0 aliphatic heterocycles. The normalized spacial score (nSPS) is 12.2. The third-order valence-corrected chi connectivity index (χ3v) is 17.7. The Morgan fingerprint density at radius 3 is 0.887 bits per heavy atom. The van der Waals surface area contributed by atoms with Crippen molar-refractivity contribution in [3.8, 4) is 5.75 Å². The molecule has 0 unspecified atom stereocenters. The predicted octanol–water partition coefficient (Wildman–Crippen LogP) is 22.7. The van der Waals surface area contributed by atoms with E-state index in [1.54, 1.807) is 0 Å². The monoisotopic (exact) mass is 1040 g/mol. The molecule has 0 bridgehead atoms. The van der Waals surface area contributed by atoms with Gasteiger partial charge in [-0.15, -0.1) is 0 Å². The number of aryl methyl sites for hydroxylation is 1.